The number of piperazine rings is 2. The van der Waals surface area contributed by atoms with Crippen LogP contribution >= 0.6 is 11.6 Å². The molecule has 66 heavy (non-hydrogen) atoms. The quantitative estimate of drug-likeness (QED) is 0.176. The first-order chi connectivity index (χ1) is 32.2. The molecule has 2 N–H and O–H groups in total. The second-order valence-corrected chi connectivity index (χ2v) is 16.4. The standard InChI is InChI=1S/C25H23N5O.C19H18ClN5O.C6H7BO2/c1-18-17-29(14-15-30(18)25(31)20-10-6-3-7-11-20)24-22-16-26-13-12-21(22)23(27-28-24)19-8-4-2-5-9-19;1-13-12-24(9-10-25(13)19(26)14-5-3-2-4-6-14)18-16-11-21-8-7-15(16)17(20)22-23-18;8-7(9)6-4-2-1-3-5-6/h2-13,16,18H,14-15,17H2,1H3;2-8,11,13H,9-10,12H2,1H3;1-5,8-9H/t18-;13-;/m00./s1. The molecular formula is C50H48BClN10O4. The Morgan fingerprint density at radius 3 is 1.45 bits per heavy atom. The van der Waals surface area contributed by atoms with E-state index >= 15 is 0 Å². The molecule has 4 aromatic heterocycles. The van der Waals surface area contributed by atoms with Crippen molar-refractivity contribution in [2.24, 2.45) is 0 Å². The highest BCUT2D eigenvalue weighted by atomic mass is 35.5. The fourth-order valence-corrected chi connectivity index (χ4v) is 8.44. The lowest BCUT2D eigenvalue weighted by atomic mass is 9.81. The molecule has 0 aliphatic carbocycles. The highest BCUT2D eigenvalue weighted by molar-refractivity contribution is 6.58. The number of hydrogen-bond donors (Lipinski definition) is 2. The summed E-state index contributed by atoms with van der Waals surface area (Å²) in [7, 11) is -1.34. The van der Waals surface area contributed by atoms with Crippen molar-refractivity contribution in [1.82, 2.24) is 40.2 Å². The van der Waals surface area contributed by atoms with Gasteiger partial charge in [0, 0.05) is 114 Å². The molecule has 0 saturated carbocycles. The number of anilines is 2. The Labute approximate surface area is 388 Å². The predicted molar refractivity (Wildman–Crippen MR) is 260 cm³/mol. The van der Waals surface area contributed by atoms with E-state index < -0.39 is 7.12 Å². The normalized spacial score (nSPS) is 15.9. The van der Waals surface area contributed by atoms with Gasteiger partial charge in [-0.3, -0.25) is 19.6 Å². The molecule has 0 unspecified atom stereocenters. The molecule has 2 saturated heterocycles. The van der Waals surface area contributed by atoms with Crippen LogP contribution in [0.1, 0.15) is 34.6 Å². The van der Waals surface area contributed by atoms with Crippen molar-refractivity contribution >= 4 is 69.2 Å². The summed E-state index contributed by atoms with van der Waals surface area (Å²) in [6.45, 7) is 8.16. The summed E-state index contributed by atoms with van der Waals surface area (Å²) in [5, 5.41) is 38.8. The van der Waals surface area contributed by atoms with Gasteiger partial charge in [0.05, 0.1) is 0 Å². The maximum absolute atomic E-state index is 12.9. The van der Waals surface area contributed by atoms with E-state index in [2.05, 4.69) is 54.0 Å². The van der Waals surface area contributed by atoms with Gasteiger partial charge in [0.15, 0.2) is 16.8 Å². The number of fused-ring (bicyclic) bond motifs is 2. The molecule has 16 heteroatoms. The van der Waals surface area contributed by atoms with Gasteiger partial charge in [-0.2, -0.15) is 0 Å². The molecule has 2 amide bonds. The lowest BCUT2D eigenvalue weighted by Crippen LogP contribution is -2.54. The van der Waals surface area contributed by atoms with Crippen LogP contribution in [0.15, 0.2) is 158 Å². The van der Waals surface area contributed by atoms with E-state index in [9.17, 15) is 9.59 Å². The molecule has 2 aliphatic rings. The molecule has 332 valence electrons. The van der Waals surface area contributed by atoms with Crippen molar-refractivity contribution in [3.63, 3.8) is 0 Å². The van der Waals surface area contributed by atoms with Crippen LogP contribution in [0, 0.1) is 0 Å². The Morgan fingerprint density at radius 2 is 0.985 bits per heavy atom. The van der Waals surface area contributed by atoms with Gasteiger partial charge in [-0.1, -0.05) is 109 Å². The number of hydrogen-bond acceptors (Lipinski definition) is 12. The number of carbonyl (C=O) groups is 2. The van der Waals surface area contributed by atoms with Gasteiger partial charge < -0.3 is 29.6 Å². The SMILES string of the molecule is C[C@H]1CN(c2nnc(-c3ccccc3)c3ccncc23)CCN1C(=O)c1ccccc1.C[C@H]1CN(c2nnc(Cl)c3ccncc23)CCN1C(=O)c1ccccc1.OB(O)c1ccccc1. The van der Waals surface area contributed by atoms with Crippen LogP contribution in [0.4, 0.5) is 11.6 Å². The summed E-state index contributed by atoms with van der Waals surface area (Å²) < 4.78 is 0. The fraction of sp³-hybridized carbons (Fsp3) is 0.200. The van der Waals surface area contributed by atoms with Gasteiger partial charge in [-0.15, -0.1) is 20.4 Å². The Hall–Kier alpha value is -7.33. The van der Waals surface area contributed by atoms with Gasteiger partial charge in [-0.05, 0) is 55.7 Å². The van der Waals surface area contributed by atoms with Gasteiger partial charge in [0.1, 0.15) is 5.69 Å². The first-order valence-corrected chi connectivity index (χ1v) is 22.1. The Balaban J connectivity index is 0.000000153. The van der Waals surface area contributed by atoms with Crippen LogP contribution < -0.4 is 15.3 Å². The number of pyridine rings is 2. The molecular weight excluding hydrogens is 851 g/mol. The molecule has 0 spiro atoms. The second kappa shape index (κ2) is 21.1. The van der Waals surface area contributed by atoms with Crippen LogP contribution in [0.3, 0.4) is 0 Å². The summed E-state index contributed by atoms with van der Waals surface area (Å²) >= 11 is 6.16. The molecule has 2 aliphatic heterocycles. The Morgan fingerprint density at radius 1 is 0.545 bits per heavy atom. The molecule has 14 nitrogen and oxygen atoms in total. The minimum atomic E-state index is -1.34. The van der Waals surface area contributed by atoms with Crippen molar-refractivity contribution in [2.45, 2.75) is 25.9 Å². The minimum absolute atomic E-state index is 0.0562. The first kappa shape index (κ1) is 45.3. The number of nitrogens with zero attached hydrogens (tertiary/aromatic N) is 10. The summed E-state index contributed by atoms with van der Waals surface area (Å²) in [5.41, 5.74) is 3.85. The average molecular weight is 899 g/mol. The molecule has 2 fully saturated rings. The summed E-state index contributed by atoms with van der Waals surface area (Å²) in [6, 6.07) is 41.5. The van der Waals surface area contributed by atoms with E-state index in [-0.39, 0.29) is 23.9 Å². The van der Waals surface area contributed by atoms with E-state index in [0.29, 0.717) is 55.4 Å². The van der Waals surface area contributed by atoms with Gasteiger partial charge >= 0.3 is 7.12 Å². The van der Waals surface area contributed by atoms with Crippen molar-refractivity contribution < 1.29 is 19.6 Å². The van der Waals surface area contributed by atoms with Crippen LogP contribution in [0.2, 0.25) is 5.15 Å². The zero-order valence-corrected chi connectivity index (χ0v) is 37.3. The molecule has 10 rings (SSSR count). The number of aromatic nitrogens is 6. The molecule has 4 aromatic carbocycles. The largest absolute Gasteiger partial charge is 0.488 e. The van der Waals surface area contributed by atoms with Crippen LogP contribution in [-0.2, 0) is 0 Å². The van der Waals surface area contributed by atoms with Crippen molar-refractivity contribution in [2.75, 3.05) is 49.1 Å². The third kappa shape index (κ3) is 10.3. The third-order valence-electron chi connectivity index (χ3n) is 11.6. The van der Waals surface area contributed by atoms with E-state index in [1.165, 1.54) is 0 Å². The number of benzene rings is 4. The highest BCUT2D eigenvalue weighted by Gasteiger charge is 2.31. The molecule has 8 aromatic rings. The molecule has 0 bridgehead atoms. The van der Waals surface area contributed by atoms with E-state index in [1.807, 2.05) is 125 Å². The average Bonchev–Trinajstić information content (AvgIpc) is 3.37. The Kier molecular flexibility index (Phi) is 14.5. The monoisotopic (exact) mass is 898 g/mol. The topological polar surface area (TPSA) is 165 Å². The van der Waals surface area contributed by atoms with Gasteiger partial charge in [0.2, 0.25) is 0 Å². The van der Waals surface area contributed by atoms with Crippen LogP contribution in [-0.4, -0.2) is 120 Å². The van der Waals surface area contributed by atoms with Crippen molar-refractivity contribution in [3.05, 3.63) is 175 Å². The predicted octanol–water partition coefficient (Wildman–Crippen LogP) is 6.44. The molecule has 0 radical (unpaired) electrons. The summed E-state index contributed by atoms with van der Waals surface area (Å²) in [5.74, 6) is 1.72. The second-order valence-electron chi connectivity index (χ2n) is 16.0. The number of halogens is 1. The van der Waals surface area contributed by atoms with E-state index in [4.69, 9.17) is 21.6 Å². The zero-order valence-electron chi connectivity index (χ0n) is 36.5. The lowest BCUT2D eigenvalue weighted by Gasteiger charge is -2.40. The summed E-state index contributed by atoms with van der Waals surface area (Å²) in [6.07, 6.45) is 7.10. The molecule has 6 heterocycles. The first-order valence-electron chi connectivity index (χ1n) is 21.7. The van der Waals surface area contributed by atoms with Gasteiger partial charge in [0.25, 0.3) is 11.8 Å². The number of carbonyl (C=O) groups excluding carboxylic acids is 2. The zero-order chi connectivity index (χ0) is 46.0. The highest BCUT2D eigenvalue weighted by Crippen LogP contribution is 2.32. The maximum Gasteiger partial charge on any atom is 0.488 e. The Bertz CT molecular complexity index is 2890. The van der Waals surface area contributed by atoms with Crippen molar-refractivity contribution in [1.29, 1.82) is 0 Å². The molecule has 2 atom stereocenters. The minimum Gasteiger partial charge on any atom is -0.423 e. The maximum atomic E-state index is 12.9. The van der Waals surface area contributed by atoms with E-state index in [0.717, 1.165) is 50.0 Å². The van der Waals surface area contributed by atoms with Crippen molar-refractivity contribution in [3.8, 4) is 11.3 Å². The number of rotatable bonds is 6. The van der Waals surface area contributed by atoms with Crippen LogP contribution in [0.5, 0.6) is 0 Å². The lowest BCUT2D eigenvalue weighted by molar-refractivity contribution is 0.0666. The third-order valence-corrected chi connectivity index (χ3v) is 11.9. The summed E-state index contributed by atoms with van der Waals surface area (Å²) in [4.78, 5) is 42.5. The van der Waals surface area contributed by atoms with E-state index in [1.54, 1.807) is 42.9 Å². The smallest absolute Gasteiger partial charge is 0.423 e. The van der Waals surface area contributed by atoms with Gasteiger partial charge in [-0.25, -0.2) is 0 Å². The van der Waals surface area contributed by atoms with Crippen LogP contribution in [0.25, 0.3) is 32.8 Å². The fourth-order valence-electron chi connectivity index (χ4n) is 8.23. The number of amides is 2.